The number of hydrogen-bond acceptors (Lipinski definition) is 3. The number of nitrogens with zero attached hydrogens (tertiary/aromatic N) is 1. The van der Waals surface area contributed by atoms with Crippen molar-refractivity contribution in [1.82, 2.24) is 10.2 Å². The number of ketones is 1. The molecule has 5 nitrogen and oxygen atoms in total. The zero-order chi connectivity index (χ0) is 18.4. The molecular weight excluding hydrogens is 328 g/mol. The summed E-state index contributed by atoms with van der Waals surface area (Å²) in [5.41, 5.74) is 0.699. The minimum atomic E-state index is -0.0300. The van der Waals surface area contributed by atoms with Crippen LogP contribution in [0.2, 0.25) is 0 Å². The van der Waals surface area contributed by atoms with Crippen molar-refractivity contribution in [1.29, 1.82) is 0 Å². The fourth-order valence-corrected chi connectivity index (χ4v) is 4.04. The van der Waals surface area contributed by atoms with Gasteiger partial charge in [0.05, 0.1) is 0 Å². The highest BCUT2D eigenvalue weighted by Gasteiger charge is 2.35. The summed E-state index contributed by atoms with van der Waals surface area (Å²) >= 11 is 0. The summed E-state index contributed by atoms with van der Waals surface area (Å²) in [6, 6.07) is 9.60. The van der Waals surface area contributed by atoms with E-state index in [9.17, 15) is 14.4 Å². The molecule has 1 saturated heterocycles. The van der Waals surface area contributed by atoms with Gasteiger partial charge in [-0.3, -0.25) is 14.4 Å². The van der Waals surface area contributed by atoms with Crippen LogP contribution in [0.3, 0.4) is 0 Å². The molecule has 3 rings (SSSR count). The van der Waals surface area contributed by atoms with Crippen molar-refractivity contribution < 1.29 is 14.4 Å². The Morgan fingerprint density at radius 3 is 2.54 bits per heavy atom. The molecule has 0 bridgehead atoms. The first-order chi connectivity index (χ1) is 12.6. The molecule has 0 spiro atoms. The summed E-state index contributed by atoms with van der Waals surface area (Å²) < 4.78 is 0. The van der Waals surface area contributed by atoms with E-state index in [-0.39, 0.29) is 23.5 Å². The molecule has 2 fully saturated rings. The van der Waals surface area contributed by atoms with E-state index in [1.807, 2.05) is 23.1 Å². The van der Waals surface area contributed by atoms with Gasteiger partial charge in [0.15, 0.2) is 5.78 Å². The molecule has 1 aromatic carbocycles. The lowest BCUT2D eigenvalue weighted by Crippen LogP contribution is -2.36. The van der Waals surface area contributed by atoms with Gasteiger partial charge in [0, 0.05) is 49.9 Å². The molecule has 1 atom stereocenters. The highest BCUT2D eigenvalue weighted by molar-refractivity contribution is 5.96. The molecular formula is C21H28N2O3. The van der Waals surface area contributed by atoms with Gasteiger partial charge in [0.2, 0.25) is 11.8 Å². The van der Waals surface area contributed by atoms with Crippen molar-refractivity contribution >= 4 is 17.6 Å². The summed E-state index contributed by atoms with van der Waals surface area (Å²) in [6.07, 6.45) is 6.52. The molecule has 0 aromatic heterocycles. The second-order valence-electron chi connectivity index (χ2n) is 7.50. The second-order valence-corrected chi connectivity index (χ2v) is 7.50. The maximum absolute atomic E-state index is 12.2. The van der Waals surface area contributed by atoms with Gasteiger partial charge in [-0.1, -0.05) is 43.2 Å². The Hall–Kier alpha value is -2.17. The predicted molar refractivity (Wildman–Crippen MR) is 99.7 cm³/mol. The maximum Gasteiger partial charge on any atom is 0.223 e. The molecule has 5 heteroatoms. The summed E-state index contributed by atoms with van der Waals surface area (Å²) in [7, 11) is 0. The third-order valence-corrected chi connectivity index (χ3v) is 5.50. The van der Waals surface area contributed by atoms with E-state index in [1.54, 1.807) is 12.1 Å². The largest absolute Gasteiger partial charge is 0.356 e. The Morgan fingerprint density at radius 2 is 1.81 bits per heavy atom. The van der Waals surface area contributed by atoms with Gasteiger partial charge in [-0.15, -0.1) is 0 Å². The van der Waals surface area contributed by atoms with Gasteiger partial charge in [-0.05, 0) is 19.3 Å². The van der Waals surface area contributed by atoms with Crippen LogP contribution in [0.15, 0.2) is 30.3 Å². The molecule has 1 aliphatic heterocycles. The molecule has 140 valence electrons. The summed E-state index contributed by atoms with van der Waals surface area (Å²) in [5.74, 6) is 0.507. The SMILES string of the molecule is O=C(CCCC(=O)c1ccccc1)NCC1CC(=O)N(C2CCCC2)C1. The van der Waals surface area contributed by atoms with E-state index in [0.717, 1.165) is 19.4 Å². The Bertz CT molecular complexity index is 638. The van der Waals surface area contributed by atoms with Gasteiger partial charge in [0.25, 0.3) is 0 Å². The van der Waals surface area contributed by atoms with E-state index >= 15 is 0 Å². The molecule has 1 unspecified atom stereocenters. The predicted octanol–water partition coefficient (Wildman–Crippen LogP) is 2.95. The molecule has 2 amide bonds. The van der Waals surface area contributed by atoms with Crippen LogP contribution < -0.4 is 5.32 Å². The fraction of sp³-hybridized carbons (Fsp3) is 0.571. The van der Waals surface area contributed by atoms with Gasteiger partial charge in [0.1, 0.15) is 0 Å². The quantitative estimate of drug-likeness (QED) is 0.728. The Morgan fingerprint density at radius 1 is 1.08 bits per heavy atom. The summed E-state index contributed by atoms with van der Waals surface area (Å²) in [5, 5.41) is 2.94. The first kappa shape index (κ1) is 18.6. The van der Waals surface area contributed by atoms with Crippen LogP contribution >= 0.6 is 0 Å². The minimum Gasteiger partial charge on any atom is -0.356 e. The topological polar surface area (TPSA) is 66.5 Å². The molecule has 1 aromatic rings. The van der Waals surface area contributed by atoms with E-state index in [2.05, 4.69) is 5.32 Å². The van der Waals surface area contributed by atoms with Crippen molar-refractivity contribution in [2.75, 3.05) is 13.1 Å². The number of amides is 2. The first-order valence-corrected chi connectivity index (χ1v) is 9.78. The van der Waals surface area contributed by atoms with E-state index < -0.39 is 0 Å². The third kappa shape index (κ3) is 4.93. The Balaban J connectivity index is 1.33. The lowest BCUT2D eigenvalue weighted by Gasteiger charge is -2.24. The molecule has 1 saturated carbocycles. The number of carbonyl (C=O) groups excluding carboxylic acids is 3. The molecule has 1 aliphatic carbocycles. The minimum absolute atomic E-state index is 0.0300. The lowest BCUT2D eigenvalue weighted by atomic mass is 10.1. The lowest BCUT2D eigenvalue weighted by molar-refractivity contribution is -0.129. The molecule has 1 heterocycles. The molecule has 0 radical (unpaired) electrons. The number of nitrogens with one attached hydrogen (secondary N) is 1. The Labute approximate surface area is 155 Å². The maximum atomic E-state index is 12.2. The second kappa shape index (κ2) is 8.97. The van der Waals surface area contributed by atoms with Crippen molar-refractivity contribution in [3.05, 3.63) is 35.9 Å². The average Bonchev–Trinajstić information content (AvgIpc) is 3.30. The van der Waals surface area contributed by atoms with Gasteiger partial charge in [-0.2, -0.15) is 0 Å². The highest BCUT2D eigenvalue weighted by Crippen LogP contribution is 2.29. The average molecular weight is 356 g/mol. The van der Waals surface area contributed by atoms with Gasteiger partial charge in [-0.25, -0.2) is 0 Å². The van der Waals surface area contributed by atoms with Crippen molar-refractivity contribution in [3.63, 3.8) is 0 Å². The van der Waals surface area contributed by atoms with Crippen molar-refractivity contribution in [2.45, 2.75) is 57.4 Å². The molecule has 2 aliphatic rings. The first-order valence-electron chi connectivity index (χ1n) is 9.78. The zero-order valence-electron chi connectivity index (χ0n) is 15.3. The Kier molecular flexibility index (Phi) is 6.42. The van der Waals surface area contributed by atoms with Crippen LogP contribution in [0.5, 0.6) is 0 Å². The number of benzene rings is 1. The van der Waals surface area contributed by atoms with Crippen molar-refractivity contribution in [2.24, 2.45) is 5.92 Å². The third-order valence-electron chi connectivity index (χ3n) is 5.50. The van der Waals surface area contributed by atoms with E-state index in [1.165, 1.54) is 12.8 Å². The fourth-order valence-electron chi connectivity index (χ4n) is 4.04. The zero-order valence-corrected chi connectivity index (χ0v) is 15.3. The van der Waals surface area contributed by atoms with Gasteiger partial charge < -0.3 is 10.2 Å². The van der Waals surface area contributed by atoms with Crippen LogP contribution in [-0.2, 0) is 9.59 Å². The van der Waals surface area contributed by atoms with Crippen LogP contribution in [0.4, 0.5) is 0 Å². The standard InChI is InChI=1S/C21H28N2O3/c24-19(17-7-2-1-3-8-17)11-6-12-20(25)22-14-16-13-21(26)23(15-16)18-9-4-5-10-18/h1-3,7-8,16,18H,4-6,9-15H2,(H,22,25). The van der Waals surface area contributed by atoms with Crippen LogP contribution in [-0.4, -0.2) is 41.6 Å². The van der Waals surface area contributed by atoms with Crippen LogP contribution in [0.25, 0.3) is 0 Å². The normalized spacial score (nSPS) is 20.5. The van der Waals surface area contributed by atoms with Crippen molar-refractivity contribution in [3.8, 4) is 0 Å². The summed E-state index contributed by atoms with van der Waals surface area (Å²) in [4.78, 5) is 38.2. The number of hydrogen-bond donors (Lipinski definition) is 1. The summed E-state index contributed by atoms with van der Waals surface area (Å²) in [6.45, 7) is 1.33. The number of rotatable bonds is 8. The number of Topliss-reactive ketones (excluding diaryl/α,β-unsaturated/α-hetero) is 1. The number of carbonyl (C=O) groups is 3. The molecule has 26 heavy (non-hydrogen) atoms. The van der Waals surface area contributed by atoms with Gasteiger partial charge >= 0.3 is 0 Å². The monoisotopic (exact) mass is 356 g/mol. The molecule has 1 N–H and O–H groups in total. The van der Waals surface area contributed by atoms with E-state index in [0.29, 0.717) is 43.8 Å². The van der Waals surface area contributed by atoms with Crippen LogP contribution in [0, 0.1) is 5.92 Å². The smallest absolute Gasteiger partial charge is 0.223 e. The van der Waals surface area contributed by atoms with E-state index in [4.69, 9.17) is 0 Å². The number of likely N-dealkylation sites (tertiary alicyclic amines) is 1. The highest BCUT2D eigenvalue weighted by atomic mass is 16.2. The van der Waals surface area contributed by atoms with Crippen LogP contribution in [0.1, 0.15) is 61.7 Å².